The highest BCUT2D eigenvalue weighted by Gasteiger charge is 2.11. The first-order valence-corrected chi connectivity index (χ1v) is 12.8. The van der Waals surface area contributed by atoms with Gasteiger partial charge in [-0.2, -0.15) is 0 Å². The summed E-state index contributed by atoms with van der Waals surface area (Å²) in [4.78, 5) is 17.0. The fourth-order valence-electron chi connectivity index (χ4n) is 4.33. The van der Waals surface area contributed by atoms with Crippen LogP contribution in [0.1, 0.15) is 54.4 Å². The molecule has 4 aromatic rings. The maximum absolute atomic E-state index is 13.7. The number of nitrogens with one attached hydrogen (secondary N) is 1. The monoisotopic (exact) mass is 487 g/mol. The van der Waals surface area contributed by atoms with Gasteiger partial charge in [0.1, 0.15) is 17.4 Å². The number of ether oxygens (including phenoxy) is 1. The van der Waals surface area contributed by atoms with Crippen molar-refractivity contribution >= 4 is 16.9 Å². The van der Waals surface area contributed by atoms with Crippen LogP contribution in [0.4, 0.5) is 4.39 Å². The normalized spacial score (nSPS) is 11.1. The SMILES string of the molecule is CCc1ccc(OCCCn2c(CCCCCNC(=O)c3ccccc3F)nc3ccccc32)cc1. The lowest BCUT2D eigenvalue weighted by molar-refractivity contribution is 0.0949. The molecule has 0 saturated carbocycles. The van der Waals surface area contributed by atoms with E-state index in [0.717, 1.165) is 67.7 Å². The van der Waals surface area contributed by atoms with E-state index in [1.165, 1.54) is 17.7 Å². The van der Waals surface area contributed by atoms with Crippen molar-refractivity contribution in [2.45, 2.75) is 52.0 Å². The third-order valence-electron chi connectivity index (χ3n) is 6.34. The molecule has 188 valence electrons. The van der Waals surface area contributed by atoms with Gasteiger partial charge in [0.05, 0.1) is 23.2 Å². The van der Waals surface area contributed by atoms with E-state index in [2.05, 4.69) is 41.1 Å². The fourth-order valence-corrected chi connectivity index (χ4v) is 4.33. The van der Waals surface area contributed by atoms with E-state index < -0.39 is 5.82 Å². The minimum Gasteiger partial charge on any atom is -0.494 e. The van der Waals surface area contributed by atoms with Gasteiger partial charge in [-0.3, -0.25) is 4.79 Å². The number of carbonyl (C=O) groups is 1. The number of benzene rings is 3. The van der Waals surface area contributed by atoms with Crippen LogP contribution in [-0.4, -0.2) is 28.6 Å². The number of aromatic nitrogens is 2. The van der Waals surface area contributed by atoms with Crippen molar-refractivity contribution in [2.75, 3.05) is 13.2 Å². The predicted octanol–water partition coefficient (Wildman–Crippen LogP) is 6.35. The number of rotatable bonds is 13. The molecule has 1 N–H and O–H groups in total. The molecule has 0 saturated heterocycles. The van der Waals surface area contributed by atoms with E-state index in [4.69, 9.17) is 9.72 Å². The largest absolute Gasteiger partial charge is 0.494 e. The van der Waals surface area contributed by atoms with Gasteiger partial charge in [0, 0.05) is 19.5 Å². The number of nitrogens with zero attached hydrogens (tertiary/aromatic N) is 2. The van der Waals surface area contributed by atoms with Crippen molar-refractivity contribution in [2.24, 2.45) is 0 Å². The van der Waals surface area contributed by atoms with Gasteiger partial charge in [0.2, 0.25) is 0 Å². The van der Waals surface area contributed by atoms with Crippen LogP contribution in [0.2, 0.25) is 0 Å². The van der Waals surface area contributed by atoms with E-state index in [1.54, 1.807) is 12.1 Å². The number of halogens is 1. The molecule has 0 aliphatic heterocycles. The Hall–Kier alpha value is -3.67. The smallest absolute Gasteiger partial charge is 0.254 e. The van der Waals surface area contributed by atoms with E-state index in [1.807, 2.05) is 24.3 Å². The number of hydrogen-bond acceptors (Lipinski definition) is 3. The number of amides is 1. The number of fused-ring (bicyclic) bond motifs is 1. The zero-order valence-electron chi connectivity index (χ0n) is 20.9. The molecule has 1 aromatic heterocycles. The molecule has 1 heterocycles. The van der Waals surface area contributed by atoms with Crippen LogP contribution in [0.25, 0.3) is 11.0 Å². The Balaban J connectivity index is 1.24. The second-order valence-electron chi connectivity index (χ2n) is 8.91. The van der Waals surface area contributed by atoms with Gasteiger partial charge in [-0.05, 0) is 67.6 Å². The summed E-state index contributed by atoms with van der Waals surface area (Å²) in [6, 6.07) is 22.6. The van der Waals surface area contributed by atoms with E-state index in [0.29, 0.717) is 13.2 Å². The highest BCUT2D eigenvalue weighted by Crippen LogP contribution is 2.19. The average Bonchev–Trinajstić information content (AvgIpc) is 3.26. The quantitative estimate of drug-likeness (QED) is 0.224. The Labute approximate surface area is 212 Å². The Bertz CT molecular complexity index is 1270. The summed E-state index contributed by atoms with van der Waals surface area (Å²) in [6.07, 6.45) is 5.56. The summed E-state index contributed by atoms with van der Waals surface area (Å²) in [5.41, 5.74) is 3.56. The molecule has 6 heteroatoms. The first-order valence-electron chi connectivity index (χ1n) is 12.8. The minimum atomic E-state index is -0.492. The molecule has 5 nitrogen and oxygen atoms in total. The molecule has 0 fully saturated rings. The van der Waals surface area contributed by atoms with Crippen molar-refractivity contribution in [1.29, 1.82) is 0 Å². The zero-order valence-corrected chi connectivity index (χ0v) is 20.9. The second-order valence-corrected chi connectivity index (χ2v) is 8.91. The number of imidazole rings is 1. The van der Waals surface area contributed by atoms with Crippen LogP contribution >= 0.6 is 0 Å². The Morgan fingerprint density at radius 2 is 1.72 bits per heavy atom. The van der Waals surface area contributed by atoms with Gasteiger partial charge >= 0.3 is 0 Å². The van der Waals surface area contributed by atoms with Crippen molar-refractivity contribution in [3.05, 3.63) is 95.6 Å². The summed E-state index contributed by atoms with van der Waals surface area (Å²) in [5, 5.41) is 2.81. The van der Waals surface area contributed by atoms with Crippen molar-refractivity contribution in [1.82, 2.24) is 14.9 Å². The molecule has 3 aromatic carbocycles. The van der Waals surface area contributed by atoms with Crippen LogP contribution in [0.3, 0.4) is 0 Å². The standard InChI is InChI=1S/C30H34FN3O2/c1-2-23-16-18-24(19-17-23)36-22-10-21-34-28-14-8-7-13-27(28)33-29(34)15-4-3-9-20-32-30(35)25-11-5-6-12-26(25)31/h5-8,11-14,16-19H,2-4,9-10,15,20-22H2,1H3,(H,32,35). The molecule has 1 amide bonds. The summed E-state index contributed by atoms with van der Waals surface area (Å²) in [5.74, 6) is 1.14. The van der Waals surface area contributed by atoms with Gasteiger partial charge in [0.15, 0.2) is 0 Å². The molecule has 0 aliphatic rings. The number of hydrogen-bond donors (Lipinski definition) is 1. The number of para-hydroxylation sites is 2. The molecular weight excluding hydrogens is 453 g/mol. The number of unbranched alkanes of at least 4 members (excludes halogenated alkanes) is 2. The van der Waals surface area contributed by atoms with Crippen molar-refractivity contribution in [3.8, 4) is 5.75 Å². The Morgan fingerprint density at radius 3 is 2.53 bits per heavy atom. The summed E-state index contributed by atoms with van der Waals surface area (Å²) < 4.78 is 22.0. The maximum Gasteiger partial charge on any atom is 0.254 e. The van der Waals surface area contributed by atoms with Crippen molar-refractivity contribution in [3.63, 3.8) is 0 Å². The molecule has 0 bridgehead atoms. The number of carbonyl (C=O) groups excluding carboxylic acids is 1. The highest BCUT2D eigenvalue weighted by molar-refractivity contribution is 5.94. The maximum atomic E-state index is 13.7. The van der Waals surface area contributed by atoms with Crippen LogP contribution in [0.15, 0.2) is 72.8 Å². The van der Waals surface area contributed by atoms with Gasteiger partial charge in [-0.25, -0.2) is 9.37 Å². The average molecular weight is 488 g/mol. The molecule has 0 radical (unpaired) electrons. The summed E-state index contributed by atoms with van der Waals surface area (Å²) in [6.45, 7) is 4.18. The molecule has 0 atom stereocenters. The molecule has 0 unspecified atom stereocenters. The Morgan fingerprint density at radius 1 is 0.944 bits per heavy atom. The van der Waals surface area contributed by atoms with Gasteiger partial charge in [-0.1, -0.05) is 49.7 Å². The van der Waals surface area contributed by atoms with E-state index in [9.17, 15) is 9.18 Å². The van der Waals surface area contributed by atoms with Crippen LogP contribution in [-0.2, 0) is 19.4 Å². The molecule has 36 heavy (non-hydrogen) atoms. The molecule has 0 spiro atoms. The van der Waals surface area contributed by atoms with E-state index >= 15 is 0 Å². The van der Waals surface area contributed by atoms with Crippen LogP contribution in [0, 0.1) is 5.82 Å². The zero-order chi connectivity index (χ0) is 25.2. The summed E-state index contributed by atoms with van der Waals surface area (Å²) in [7, 11) is 0. The summed E-state index contributed by atoms with van der Waals surface area (Å²) >= 11 is 0. The lowest BCUT2D eigenvalue weighted by Crippen LogP contribution is -2.25. The minimum absolute atomic E-state index is 0.0909. The van der Waals surface area contributed by atoms with Gasteiger partial charge < -0.3 is 14.6 Å². The lowest BCUT2D eigenvalue weighted by Gasteiger charge is -2.11. The van der Waals surface area contributed by atoms with Crippen LogP contribution in [0.5, 0.6) is 5.75 Å². The Kier molecular flexibility index (Phi) is 9.09. The first kappa shape index (κ1) is 25.4. The van der Waals surface area contributed by atoms with Crippen molar-refractivity contribution < 1.29 is 13.9 Å². The molecule has 0 aliphatic carbocycles. The third-order valence-corrected chi connectivity index (χ3v) is 6.34. The fraction of sp³-hybridized carbons (Fsp3) is 0.333. The highest BCUT2D eigenvalue weighted by atomic mass is 19.1. The molecule has 4 rings (SSSR count). The van der Waals surface area contributed by atoms with E-state index in [-0.39, 0.29) is 11.5 Å². The van der Waals surface area contributed by atoms with Gasteiger partial charge in [-0.15, -0.1) is 0 Å². The lowest BCUT2D eigenvalue weighted by atomic mass is 10.1. The number of aryl methyl sites for hydroxylation is 3. The topological polar surface area (TPSA) is 56.1 Å². The van der Waals surface area contributed by atoms with Crippen LogP contribution < -0.4 is 10.1 Å². The third kappa shape index (κ3) is 6.72. The van der Waals surface area contributed by atoms with Gasteiger partial charge in [0.25, 0.3) is 5.91 Å². The first-order chi connectivity index (χ1) is 17.7. The predicted molar refractivity (Wildman–Crippen MR) is 142 cm³/mol. The molecular formula is C30H34FN3O2. The second kappa shape index (κ2) is 12.9.